The number of hydrogen-bond acceptors (Lipinski definition) is 3. The van der Waals surface area contributed by atoms with E-state index in [1.165, 1.54) is 33.0 Å². The summed E-state index contributed by atoms with van der Waals surface area (Å²) in [6.45, 7) is 4.66. The fourth-order valence-electron chi connectivity index (χ4n) is 8.20. The van der Waals surface area contributed by atoms with E-state index >= 15 is 0 Å². The van der Waals surface area contributed by atoms with Crippen LogP contribution in [-0.2, 0) is 5.41 Å². The Morgan fingerprint density at radius 2 is 0.980 bits per heavy atom. The maximum Gasteiger partial charge on any atom is 0.165 e. The zero-order valence-electron chi connectivity index (χ0n) is 28.4. The molecule has 3 nitrogen and oxygen atoms in total. The van der Waals surface area contributed by atoms with Gasteiger partial charge in [0.05, 0.1) is 0 Å². The maximum atomic E-state index is 5.40. The molecule has 240 valence electrons. The number of aromatic nitrogens is 3. The fourth-order valence-corrected chi connectivity index (χ4v) is 8.20. The van der Waals surface area contributed by atoms with Gasteiger partial charge in [-0.2, -0.15) is 0 Å². The lowest BCUT2D eigenvalue weighted by atomic mass is 9.81. The smallest absolute Gasteiger partial charge is 0.165 e. The van der Waals surface area contributed by atoms with Crippen LogP contribution in [0.5, 0.6) is 0 Å². The SMILES string of the molecule is CC1(C)c2ccccc2-c2ccc(-c3ccccc3-c3nc(-c4ccccc4)nc(-c4c5ccccc5cc5ccc6ccccc6c45)n3)cc21. The first kappa shape index (κ1) is 29.5. The van der Waals surface area contributed by atoms with Crippen LogP contribution in [0.25, 0.3) is 88.7 Å². The summed E-state index contributed by atoms with van der Waals surface area (Å²) in [6.07, 6.45) is 0. The molecular formula is C48H33N3. The molecule has 0 spiro atoms. The van der Waals surface area contributed by atoms with E-state index in [0.29, 0.717) is 17.5 Å². The van der Waals surface area contributed by atoms with E-state index in [1.54, 1.807) is 0 Å². The average molecular weight is 652 g/mol. The van der Waals surface area contributed by atoms with Gasteiger partial charge in [0.1, 0.15) is 0 Å². The Morgan fingerprint density at radius 1 is 0.373 bits per heavy atom. The highest BCUT2D eigenvalue weighted by molar-refractivity contribution is 6.21. The molecule has 8 aromatic carbocycles. The molecule has 1 aromatic heterocycles. The van der Waals surface area contributed by atoms with Gasteiger partial charge >= 0.3 is 0 Å². The first-order valence-corrected chi connectivity index (χ1v) is 17.5. The third-order valence-electron chi connectivity index (χ3n) is 10.7. The summed E-state index contributed by atoms with van der Waals surface area (Å²) in [5.41, 5.74) is 10.4. The van der Waals surface area contributed by atoms with Crippen LogP contribution < -0.4 is 0 Å². The van der Waals surface area contributed by atoms with Crippen LogP contribution in [0.3, 0.4) is 0 Å². The van der Waals surface area contributed by atoms with Crippen molar-refractivity contribution in [3.05, 3.63) is 175 Å². The minimum atomic E-state index is -0.101. The van der Waals surface area contributed by atoms with Gasteiger partial charge in [0.15, 0.2) is 17.5 Å². The Labute approximate surface area is 297 Å². The Balaban J connectivity index is 1.25. The molecule has 10 rings (SSSR count). The molecule has 1 heterocycles. The molecular weight excluding hydrogens is 619 g/mol. The summed E-state index contributed by atoms with van der Waals surface area (Å²) < 4.78 is 0. The summed E-state index contributed by atoms with van der Waals surface area (Å²) in [6, 6.07) is 58.4. The minimum absolute atomic E-state index is 0.101. The van der Waals surface area contributed by atoms with E-state index in [4.69, 9.17) is 15.0 Å². The van der Waals surface area contributed by atoms with Gasteiger partial charge in [0.25, 0.3) is 0 Å². The van der Waals surface area contributed by atoms with Crippen molar-refractivity contribution >= 4 is 32.3 Å². The fraction of sp³-hybridized carbons (Fsp3) is 0.0625. The lowest BCUT2D eigenvalue weighted by Crippen LogP contribution is -2.14. The molecule has 0 amide bonds. The first-order valence-electron chi connectivity index (χ1n) is 17.5. The van der Waals surface area contributed by atoms with Crippen molar-refractivity contribution < 1.29 is 0 Å². The number of hydrogen-bond donors (Lipinski definition) is 0. The van der Waals surface area contributed by atoms with Crippen LogP contribution in [-0.4, -0.2) is 15.0 Å². The van der Waals surface area contributed by atoms with Crippen molar-refractivity contribution in [2.45, 2.75) is 19.3 Å². The van der Waals surface area contributed by atoms with Crippen molar-refractivity contribution in [1.29, 1.82) is 0 Å². The van der Waals surface area contributed by atoms with E-state index in [9.17, 15) is 0 Å². The largest absolute Gasteiger partial charge is 0.208 e. The third-order valence-corrected chi connectivity index (χ3v) is 10.7. The van der Waals surface area contributed by atoms with Gasteiger partial charge in [-0.15, -0.1) is 0 Å². The number of fused-ring (bicyclic) bond motifs is 7. The Hall–Kier alpha value is -6.45. The molecule has 0 N–H and O–H groups in total. The normalized spacial score (nSPS) is 13.1. The summed E-state index contributed by atoms with van der Waals surface area (Å²) >= 11 is 0. The Bertz CT molecular complexity index is 2830. The summed E-state index contributed by atoms with van der Waals surface area (Å²) in [5.74, 6) is 1.97. The average Bonchev–Trinajstić information content (AvgIpc) is 3.42. The van der Waals surface area contributed by atoms with E-state index in [2.05, 4.69) is 159 Å². The van der Waals surface area contributed by atoms with Gasteiger partial charge in [-0.1, -0.05) is 166 Å². The van der Waals surface area contributed by atoms with Crippen LogP contribution in [0.1, 0.15) is 25.0 Å². The minimum Gasteiger partial charge on any atom is -0.208 e. The Morgan fingerprint density at radius 3 is 1.82 bits per heavy atom. The van der Waals surface area contributed by atoms with Crippen LogP contribution in [0.4, 0.5) is 0 Å². The van der Waals surface area contributed by atoms with Crippen LogP contribution in [0.2, 0.25) is 0 Å². The number of benzene rings is 8. The lowest BCUT2D eigenvalue weighted by molar-refractivity contribution is 0.660. The van der Waals surface area contributed by atoms with Crippen molar-refractivity contribution in [2.24, 2.45) is 0 Å². The molecule has 9 aromatic rings. The van der Waals surface area contributed by atoms with E-state index in [-0.39, 0.29) is 5.41 Å². The van der Waals surface area contributed by atoms with Crippen molar-refractivity contribution in [1.82, 2.24) is 15.0 Å². The molecule has 0 radical (unpaired) electrons. The molecule has 0 saturated heterocycles. The van der Waals surface area contributed by atoms with Crippen LogP contribution >= 0.6 is 0 Å². The third kappa shape index (κ3) is 4.62. The van der Waals surface area contributed by atoms with Gasteiger partial charge < -0.3 is 0 Å². The van der Waals surface area contributed by atoms with E-state index in [0.717, 1.165) is 49.4 Å². The molecule has 0 atom stereocenters. The highest BCUT2D eigenvalue weighted by Gasteiger charge is 2.35. The second-order valence-corrected chi connectivity index (χ2v) is 14.0. The molecule has 1 aliphatic rings. The lowest BCUT2D eigenvalue weighted by Gasteiger charge is -2.22. The summed E-state index contributed by atoms with van der Waals surface area (Å²) in [7, 11) is 0. The highest BCUT2D eigenvalue weighted by atomic mass is 15.0. The highest BCUT2D eigenvalue weighted by Crippen LogP contribution is 2.50. The molecule has 3 heteroatoms. The van der Waals surface area contributed by atoms with Crippen molar-refractivity contribution in [3.63, 3.8) is 0 Å². The van der Waals surface area contributed by atoms with E-state index < -0.39 is 0 Å². The van der Waals surface area contributed by atoms with Crippen molar-refractivity contribution in [3.8, 4) is 56.4 Å². The molecule has 0 saturated carbocycles. The summed E-state index contributed by atoms with van der Waals surface area (Å²) in [5, 5.41) is 6.95. The molecule has 51 heavy (non-hydrogen) atoms. The Kier molecular flexibility index (Phi) is 6.53. The second-order valence-electron chi connectivity index (χ2n) is 14.0. The van der Waals surface area contributed by atoms with Gasteiger partial charge in [0.2, 0.25) is 0 Å². The zero-order chi connectivity index (χ0) is 34.1. The van der Waals surface area contributed by atoms with Crippen LogP contribution in [0, 0.1) is 0 Å². The molecule has 0 fully saturated rings. The van der Waals surface area contributed by atoms with Crippen LogP contribution in [0.15, 0.2) is 164 Å². The zero-order valence-corrected chi connectivity index (χ0v) is 28.4. The molecule has 0 aliphatic heterocycles. The topological polar surface area (TPSA) is 38.7 Å². The quantitative estimate of drug-likeness (QED) is 0.140. The number of rotatable bonds is 4. The predicted molar refractivity (Wildman–Crippen MR) is 212 cm³/mol. The van der Waals surface area contributed by atoms with E-state index in [1.807, 2.05) is 18.2 Å². The van der Waals surface area contributed by atoms with Gasteiger partial charge in [0, 0.05) is 27.5 Å². The monoisotopic (exact) mass is 651 g/mol. The van der Waals surface area contributed by atoms with Gasteiger partial charge in [-0.05, 0) is 72.4 Å². The van der Waals surface area contributed by atoms with Gasteiger partial charge in [-0.3, -0.25) is 0 Å². The molecule has 0 unspecified atom stereocenters. The van der Waals surface area contributed by atoms with Crippen molar-refractivity contribution in [2.75, 3.05) is 0 Å². The molecule has 1 aliphatic carbocycles. The standard InChI is InChI=1S/C48H33N3/c1-48(2)41-23-13-12-21-38(41)39-27-26-33(29-42(39)48)35-18-10-11-22-40(35)46-49-45(31-15-4-3-5-16-31)50-47(51-46)44-37-20-9-7-17-32(37)28-34-25-24-30-14-6-8-19-36(30)43(34)44/h3-29H,1-2H3. The maximum absolute atomic E-state index is 5.40. The second kappa shape index (κ2) is 11.3. The molecule has 0 bridgehead atoms. The summed E-state index contributed by atoms with van der Waals surface area (Å²) in [4.78, 5) is 15.9. The van der Waals surface area contributed by atoms with Gasteiger partial charge in [-0.25, -0.2) is 15.0 Å². The first-order chi connectivity index (χ1) is 25.0. The number of nitrogens with zero attached hydrogens (tertiary/aromatic N) is 3. The predicted octanol–water partition coefficient (Wildman–Crippen LogP) is 12.3.